The first-order valence-electron chi connectivity index (χ1n) is 4.59. The summed E-state index contributed by atoms with van der Waals surface area (Å²) < 4.78 is 0. The van der Waals surface area contributed by atoms with E-state index in [0.29, 0.717) is 5.92 Å². The minimum atomic E-state index is 0.436. The van der Waals surface area contributed by atoms with Crippen LogP contribution in [0.1, 0.15) is 41.0 Å². The summed E-state index contributed by atoms with van der Waals surface area (Å²) in [6.45, 7) is 10.3. The Morgan fingerprint density at radius 1 is 1.33 bits per heavy atom. The second-order valence-electron chi connectivity index (χ2n) is 2.83. The molecule has 0 spiro atoms. The zero-order chi connectivity index (χ0) is 9.98. The lowest BCUT2D eigenvalue weighted by molar-refractivity contribution is 0.870. The van der Waals surface area contributed by atoms with Crippen LogP contribution in [0.5, 0.6) is 0 Å². The number of aliphatic imine (C=N–C) groups is 2. The summed E-state index contributed by atoms with van der Waals surface area (Å²) in [5, 5.41) is 0. The zero-order valence-electron chi connectivity index (χ0n) is 9.26. The zero-order valence-corrected chi connectivity index (χ0v) is 9.26. The lowest BCUT2D eigenvalue weighted by atomic mass is 10.2. The number of nitrogens with zero attached hydrogens (tertiary/aromatic N) is 2. The molecule has 0 aromatic rings. The third-order valence-electron chi connectivity index (χ3n) is 1.01. The van der Waals surface area contributed by atoms with Crippen LogP contribution < -0.4 is 0 Å². The standard InChI is InChI=1S/C7H14N2.C3H8/c1-5-9-7(8-4)6(2)3;1-3-2/h5-6H,1-4H3;3H2,1-2H3. The summed E-state index contributed by atoms with van der Waals surface area (Å²) in [4.78, 5) is 8.06. The molecule has 0 N–H and O–H groups in total. The molecule has 0 saturated carbocycles. The second kappa shape index (κ2) is 10.3. The molecule has 0 aromatic carbocycles. The summed E-state index contributed by atoms with van der Waals surface area (Å²) in [7, 11) is 1.77. The first-order chi connectivity index (χ1) is 5.63. The SMILES string of the molecule is CC=NC(=NC)C(C)C.CCC. The molecule has 72 valence electrons. The highest BCUT2D eigenvalue weighted by Gasteiger charge is 1.98. The Balaban J connectivity index is 0. The normalized spacial score (nSPS) is 11.8. The van der Waals surface area contributed by atoms with Gasteiger partial charge in [0, 0.05) is 19.2 Å². The number of hydrogen-bond acceptors (Lipinski definition) is 1. The predicted octanol–water partition coefficient (Wildman–Crippen LogP) is 3.18. The van der Waals surface area contributed by atoms with E-state index in [0.717, 1.165) is 5.84 Å². The van der Waals surface area contributed by atoms with Gasteiger partial charge in [0.1, 0.15) is 5.84 Å². The lowest BCUT2D eigenvalue weighted by Crippen LogP contribution is -2.03. The third-order valence-corrected chi connectivity index (χ3v) is 1.01. The highest BCUT2D eigenvalue weighted by Crippen LogP contribution is 1.96. The molecular weight excluding hydrogens is 148 g/mol. The monoisotopic (exact) mass is 170 g/mol. The molecule has 0 saturated heterocycles. The van der Waals surface area contributed by atoms with E-state index in [1.54, 1.807) is 13.3 Å². The van der Waals surface area contributed by atoms with E-state index in [9.17, 15) is 0 Å². The van der Waals surface area contributed by atoms with Crippen molar-refractivity contribution >= 4 is 12.1 Å². The summed E-state index contributed by atoms with van der Waals surface area (Å²) in [6, 6.07) is 0. The average Bonchev–Trinajstić information content (AvgIpc) is 2.01. The molecule has 0 unspecified atom stereocenters. The highest BCUT2D eigenvalue weighted by atomic mass is 14.9. The maximum absolute atomic E-state index is 4.07. The minimum Gasteiger partial charge on any atom is -0.274 e. The van der Waals surface area contributed by atoms with Crippen molar-refractivity contribution in [2.45, 2.75) is 41.0 Å². The van der Waals surface area contributed by atoms with E-state index >= 15 is 0 Å². The first-order valence-corrected chi connectivity index (χ1v) is 4.59. The van der Waals surface area contributed by atoms with E-state index in [1.807, 2.05) is 6.92 Å². The number of amidine groups is 1. The molecule has 0 amide bonds. The van der Waals surface area contributed by atoms with Gasteiger partial charge in [-0.3, -0.25) is 4.99 Å². The van der Waals surface area contributed by atoms with Crippen LogP contribution in [-0.4, -0.2) is 19.1 Å². The van der Waals surface area contributed by atoms with Crippen molar-refractivity contribution in [3.05, 3.63) is 0 Å². The Morgan fingerprint density at radius 3 is 1.83 bits per heavy atom. The van der Waals surface area contributed by atoms with Crippen LogP contribution in [0.2, 0.25) is 0 Å². The van der Waals surface area contributed by atoms with Crippen LogP contribution in [0.4, 0.5) is 0 Å². The number of hydrogen-bond donors (Lipinski definition) is 0. The van der Waals surface area contributed by atoms with Crippen LogP contribution in [0, 0.1) is 5.92 Å². The van der Waals surface area contributed by atoms with Crippen LogP contribution in [0.15, 0.2) is 9.98 Å². The fourth-order valence-electron chi connectivity index (χ4n) is 0.597. The van der Waals surface area contributed by atoms with E-state index < -0.39 is 0 Å². The minimum absolute atomic E-state index is 0.436. The molecule has 12 heavy (non-hydrogen) atoms. The largest absolute Gasteiger partial charge is 0.274 e. The Labute approximate surface area is 76.8 Å². The van der Waals surface area contributed by atoms with Gasteiger partial charge in [0.2, 0.25) is 0 Å². The van der Waals surface area contributed by atoms with Crippen LogP contribution in [-0.2, 0) is 0 Å². The topological polar surface area (TPSA) is 24.7 Å². The maximum atomic E-state index is 4.07. The van der Waals surface area contributed by atoms with E-state index in [-0.39, 0.29) is 0 Å². The predicted molar refractivity (Wildman–Crippen MR) is 58.3 cm³/mol. The van der Waals surface area contributed by atoms with Gasteiger partial charge in [-0.1, -0.05) is 34.1 Å². The van der Waals surface area contributed by atoms with Gasteiger partial charge in [-0.15, -0.1) is 0 Å². The average molecular weight is 170 g/mol. The third kappa shape index (κ3) is 9.34. The Bertz CT molecular complexity index is 135. The Morgan fingerprint density at radius 2 is 1.75 bits per heavy atom. The van der Waals surface area contributed by atoms with Gasteiger partial charge in [-0.05, 0) is 6.92 Å². The smallest absolute Gasteiger partial charge is 0.125 e. The van der Waals surface area contributed by atoms with Gasteiger partial charge >= 0.3 is 0 Å². The molecule has 0 atom stereocenters. The van der Waals surface area contributed by atoms with Crippen molar-refractivity contribution in [1.82, 2.24) is 0 Å². The molecule has 0 bridgehead atoms. The summed E-state index contributed by atoms with van der Waals surface area (Å²) in [5.41, 5.74) is 0. The van der Waals surface area contributed by atoms with Crippen LogP contribution in [0.25, 0.3) is 0 Å². The quantitative estimate of drug-likeness (QED) is 0.426. The summed E-state index contributed by atoms with van der Waals surface area (Å²) >= 11 is 0. The maximum Gasteiger partial charge on any atom is 0.125 e. The molecule has 2 nitrogen and oxygen atoms in total. The first kappa shape index (κ1) is 13.9. The van der Waals surface area contributed by atoms with Gasteiger partial charge in [0.25, 0.3) is 0 Å². The molecule has 0 radical (unpaired) electrons. The van der Waals surface area contributed by atoms with E-state index in [2.05, 4.69) is 37.7 Å². The fraction of sp³-hybridized carbons (Fsp3) is 0.800. The van der Waals surface area contributed by atoms with Crippen LogP contribution >= 0.6 is 0 Å². The summed E-state index contributed by atoms with van der Waals surface area (Å²) in [5.74, 6) is 1.35. The lowest BCUT2D eigenvalue weighted by Gasteiger charge is -2.00. The second-order valence-corrected chi connectivity index (χ2v) is 2.83. The fourth-order valence-corrected chi connectivity index (χ4v) is 0.597. The molecule has 0 heterocycles. The van der Waals surface area contributed by atoms with Gasteiger partial charge in [0.15, 0.2) is 0 Å². The van der Waals surface area contributed by atoms with Crippen molar-refractivity contribution in [3.8, 4) is 0 Å². The van der Waals surface area contributed by atoms with Gasteiger partial charge in [-0.25, -0.2) is 4.99 Å². The van der Waals surface area contributed by atoms with E-state index in [1.165, 1.54) is 6.42 Å². The van der Waals surface area contributed by atoms with Crippen molar-refractivity contribution < 1.29 is 0 Å². The Kier molecular flexibility index (Phi) is 12.0. The van der Waals surface area contributed by atoms with E-state index in [4.69, 9.17) is 0 Å². The molecule has 0 aliphatic rings. The van der Waals surface area contributed by atoms with Crippen molar-refractivity contribution in [2.24, 2.45) is 15.9 Å². The molecule has 0 fully saturated rings. The van der Waals surface area contributed by atoms with Gasteiger partial charge in [0.05, 0.1) is 0 Å². The number of rotatable bonds is 1. The molecular formula is C10H22N2. The van der Waals surface area contributed by atoms with Gasteiger partial charge < -0.3 is 0 Å². The summed E-state index contributed by atoms with van der Waals surface area (Å²) in [6.07, 6.45) is 3.02. The van der Waals surface area contributed by atoms with Crippen molar-refractivity contribution in [3.63, 3.8) is 0 Å². The molecule has 0 aromatic heterocycles. The molecule has 2 heteroatoms. The van der Waals surface area contributed by atoms with Gasteiger partial charge in [-0.2, -0.15) is 0 Å². The van der Waals surface area contributed by atoms with Crippen LogP contribution in [0.3, 0.4) is 0 Å². The molecule has 0 rings (SSSR count). The highest BCUT2D eigenvalue weighted by molar-refractivity contribution is 5.90. The van der Waals surface area contributed by atoms with Crippen molar-refractivity contribution in [1.29, 1.82) is 0 Å². The molecule has 0 aliphatic carbocycles. The molecule has 0 aliphatic heterocycles. The Hall–Kier alpha value is -0.660. The van der Waals surface area contributed by atoms with Crippen molar-refractivity contribution in [2.75, 3.05) is 7.05 Å².